The quantitative estimate of drug-likeness (QED) is 0.547. The molecule has 2 aromatic rings. The van der Waals surface area contributed by atoms with Crippen LogP contribution < -0.4 is 0 Å². The average molecular weight is 514 g/mol. The summed E-state index contributed by atoms with van der Waals surface area (Å²) in [4.78, 5) is 55.0. The molecule has 0 spiro atoms. The topological polar surface area (TPSA) is 87.2 Å². The Labute approximate surface area is 212 Å². The van der Waals surface area contributed by atoms with Crippen molar-refractivity contribution in [1.82, 2.24) is 14.7 Å². The van der Waals surface area contributed by atoms with Crippen molar-refractivity contribution in [1.29, 1.82) is 0 Å². The van der Waals surface area contributed by atoms with Gasteiger partial charge >= 0.3 is 6.09 Å². The number of carbonyl (C=O) groups excluding carboxylic acids is 4. The van der Waals surface area contributed by atoms with E-state index in [-0.39, 0.29) is 29.7 Å². The van der Waals surface area contributed by atoms with Gasteiger partial charge in [0.15, 0.2) is 0 Å². The van der Waals surface area contributed by atoms with Gasteiger partial charge in [0.05, 0.1) is 18.1 Å². The standard InChI is InChI=1S/C25H24ClN3O5S/c1-2-34-24(32)28-11-9-27(10-12-28)22(30)19-7-3-5-17(13-19)15-21-23(31)29(25(33)35-21)16-18-6-4-8-20(26)14-18/h3-8,13-15H,2,9-12,16H2,1H3. The second kappa shape index (κ2) is 11.0. The molecule has 0 radical (unpaired) electrons. The average Bonchev–Trinajstić information content (AvgIpc) is 3.11. The molecule has 4 amide bonds. The second-order valence-corrected chi connectivity index (χ2v) is 9.43. The summed E-state index contributed by atoms with van der Waals surface area (Å²) in [5.41, 5.74) is 1.88. The number of hydrogen-bond acceptors (Lipinski definition) is 6. The number of rotatable bonds is 5. The number of thioether (sulfide) groups is 1. The first-order valence-corrected chi connectivity index (χ1v) is 12.4. The maximum atomic E-state index is 13.0. The normalized spacial score (nSPS) is 17.3. The fraction of sp³-hybridized carbons (Fsp3) is 0.280. The lowest BCUT2D eigenvalue weighted by Crippen LogP contribution is -2.50. The molecule has 0 atom stereocenters. The second-order valence-electron chi connectivity index (χ2n) is 8.00. The third-order valence-corrected chi connectivity index (χ3v) is 6.77. The van der Waals surface area contributed by atoms with Crippen molar-refractivity contribution in [3.63, 3.8) is 0 Å². The Morgan fingerprint density at radius 3 is 2.46 bits per heavy atom. The summed E-state index contributed by atoms with van der Waals surface area (Å²) in [5, 5.41) is 0.182. The lowest BCUT2D eigenvalue weighted by atomic mass is 10.1. The molecule has 2 aliphatic rings. The zero-order valence-electron chi connectivity index (χ0n) is 19.1. The lowest BCUT2D eigenvalue weighted by Gasteiger charge is -2.34. The van der Waals surface area contributed by atoms with Crippen LogP contribution in [-0.4, -0.2) is 70.6 Å². The van der Waals surface area contributed by atoms with Crippen LogP contribution in [0.4, 0.5) is 9.59 Å². The van der Waals surface area contributed by atoms with Crippen molar-refractivity contribution in [3.8, 4) is 0 Å². The molecular weight excluding hydrogens is 490 g/mol. The Kier molecular flexibility index (Phi) is 7.77. The van der Waals surface area contributed by atoms with Gasteiger partial charge < -0.3 is 14.5 Å². The third kappa shape index (κ3) is 5.86. The number of piperazine rings is 1. The molecule has 2 aromatic carbocycles. The fourth-order valence-electron chi connectivity index (χ4n) is 3.86. The van der Waals surface area contributed by atoms with E-state index in [2.05, 4.69) is 0 Å². The Balaban J connectivity index is 1.43. The summed E-state index contributed by atoms with van der Waals surface area (Å²) in [6.07, 6.45) is 1.25. The molecule has 2 saturated heterocycles. The Hall–Kier alpha value is -3.30. The van der Waals surface area contributed by atoms with Crippen LogP contribution in [0, 0.1) is 0 Å². The molecule has 0 saturated carbocycles. The molecule has 0 aromatic heterocycles. The van der Waals surface area contributed by atoms with Crippen LogP contribution in [0.5, 0.6) is 0 Å². The van der Waals surface area contributed by atoms with Crippen molar-refractivity contribution in [3.05, 3.63) is 75.1 Å². The molecule has 0 unspecified atom stereocenters. The highest BCUT2D eigenvalue weighted by Gasteiger charge is 2.35. The maximum Gasteiger partial charge on any atom is 0.409 e. The molecule has 182 valence electrons. The van der Waals surface area contributed by atoms with Gasteiger partial charge in [-0.2, -0.15) is 0 Å². The number of carbonyl (C=O) groups is 4. The highest BCUT2D eigenvalue weighted by atomic mass is 35.5. The fourth-order valence-corrected chi connectivity index (χ4v) is 4.91. The number of amides is 4. The van der Waals surface area contributed by atoms with Crippen LogP contribution >= 0.6 is 23.4 Å². The highest BCUT2D eigenvalue weighted by Crippen LogP contribution is 2.33. The number of ether oxygens (including phenoxy) is 1. The summed E-state index contributed by atoms with van der Waals surface area (Å²) in [6.45, 7) is 3.83. The zero-order chi connectivity index (χ0) is 24.9. The summed E-state index contributed by atoms with van der Waals surface area (Å²) in [5.74, 6) is -0.537. The maximum absolute atomic E-state index is 13.0. The van der Waals surface area contributed by atoms with E-state index in [1.54, 1.807) is 71.3 Å². The highest BCUT2D eigenvalue weighted by molar-refractivity contribution is 8.18. The van der Waals surface area contributed by atoms with Gasteiger partial charge in [-0.15, -0.1) is 0 Å². The summed E-state index contributed by atoms with van der Waals surface area (Å²) >= 11 is 6.88. The van der Waals surface area contributed by atoms with Crippen molar-refractivity contribution in [2.75, 3.05) is 32.8 Å². The van der Waals surface area contributed by atoms with E-state index < -0.39 is 0 Å². The van der Waals surface area contributed by atoms with Crippen molar-refractivity contribution < 1.29 is 23.9 Å². The van der Waals surface area contributed by atoms with Gasteiger partial charge in [-0.05, 0) is 60.2 Å². The molecule has 35 heavy (non-hydrogen) atoms. The largest absolute Gasteiger partial charge is 0.450 e. The van der Waals surface area contributed by atoms with E-state index >= 15 is 0 Å². The molecule has 0 bridgehead atoms. The van der Waals surface area contributed by atoms with Gasteiger partial charge in [0.2, 0.25) is 0 Å². The van der Waals surface area contributed by atoms with E-state index in [4.69, 9.17) is 16.3 Å². The van der Waals surface area contributed by atoms with Crippen molar-refractivity contribution in [2.45, 2.75) is 13.5 Å². The molecule has 2 fully saturated rings. The van der Waals surface area contributed by atoms with Crippen molar-refractivity contribution >= 4 is 52.6 Å². The first-order chi connectivity index (χ1) is 16.9. The monoisotopic (exact) mass is 513 g/mol. The van der Waals surface area contributed by atoms with Crippen LogP contribution in [-0.2, 0) is 16.1 Å². The molecule has 2 aliphatic heterocycles. The molecule has 10 heteroatoms. The van der Waals surface area contributed by atoms with Gasteiger partial charge in [0, 0.05) is 36.8 Å². The zero-order valence-corrected chi connectivity index (χ0v) is 20.7. The minimum Gasteiger partial charge on any atom is -0.450 e. The number of nitrogens with zero attached hydrogens (tertiary/aromatic N) is 3. The molecule has 2 heterocycles. The number of hydrogen-bond donors (Lipinski definition) is 0. The molecule has 0 N–H and O–H groups in total. The van der Waals surface area contributed by atoms with Gasteiger partial charge in [-0.3, -0.25) is 19.3 Å². The number of benzene rings is 2. The van der Waals surface area contributed by atoms with E-state index in [9.17, 15) is 19.2 Å². The number of imide groups is 1. The van der Waals surface area contributed by atoms with E-state index in [1.807, 2.05) is 0 Å². The molecule has 0 aliphatic carbocycles. The summed E-state index contributed by atoms with van der Waals surface area (Å²) < 4.78 is 5.02. The smallest absolute Gasteiger partial charge is 0.409 e. The van der Waals surface area contributed by atoms with Crippen LogP contribution in [0.1, 0.15) is 28.4 Å². The predicted octanol–water partition coefficient (Wildman–Crippen LogP) is 4.49. The molecule has 4 rings (SSSR count). The van der Waals surface area contributed by atoms with E-state index in [1.165, 1.54) is 4.90 Å². The van der Waals surface area contributed by atoms with Gasteiger partial charge in [0.25, 0.3) is 17.1 Å². The minimum absolute atomic E-state index is 0.138. The van der Waals surface area contributed by atoms with Crippen LogP contribution in [0.3, 0.4) is 0 Å². The van der Waals surface area contributed by atoms with E-state index in [0.717, 1.165) is 17.3 Å². The lowest BCUT2D eigenvalue weighted by molar-refractivity contribution is -0.123. The third-order valence-electron chi connectivity index (χ3n) is 5.63. The predicted molar refractivity (Wildman–Crippen MR) is 134 cm³/mol. The van der Waals surface area contributed by atoms with Crippen LogP contribution in [0.2, 0.25) is 5.02 Å². The van der Waals surface area contributed by atoms with Crippen LogP contribution in [0.15, 0.2) is 53.4 Å². The molecular formula is C25H24ClN3O5S. The Morgan fingerprint density at radius 2 is 1.74 bits per heavy atom. The van der Waals surface area contributed by atoms with E-state index in [0.29, 0.717) is 53.8 Å². The first-order valence-electron chi connectivity index (χ1n) is 11.2. The minimum atomic E-state index is -0.383. The Bertz CT molecular complexity index is 1190. The summed E-state index contributed by atoms with van der Waals surface area (Å²) in [7, 11) is 0. The number of halogens is 1. The summed E-state index contributed by atoms with van der Waals surface area (Å²) in [6, 6.07) is 14.0. The molecule has 8 nitrogen and oxygen atoms in total. The van der Waals surface area contributed by atoms with Crippen LogP contribution in [0.25, 0.3) is 6.08 Å². The van der Waals surface area contributed by atoms with Gasteiger partial charge in [0.1, 0.15) is 0 Å². The SMILES string of the molecule is CCOC(=O)N1CCN(C(=O)c2cccc(C=C3SC(=O)N(Cc4cccc(Cl)c4)C3=O)c2)CC1. The van der Waals surface area contributed by atoms with Gasteiger partial charge in [-0.25, -0.2) is 4.79 Å². The first kappa shape index (κ1) is 24.8. The Morgan fingerprint density at radius 1 is 1.03 bits per heavy atom. The van der Waals surface area contributed by atoms with Gasteiger partial charge in [-0.1, -0.05) is 35.9 Å². The van der Waals surface area contributed by atoms with Crippen molar-refractivity contribution in [2.24, 2.45) is 0 Å².